The van der Waals surface area contributed by atoms with E-state index in [1.54, 1.807) is 24.2 Å². The average Bonchev–Trinajstić information content (AvgIpc) is 3.42. The van der Waals surface area contributed by atoms with Crippen LogP contribution in [0.1, 0.15) is 18.0 Å². The summed E-state index contributed by atoms with van der Waals surface area (Å²) in [6.45, 7) is 0.602. The Hall–Kier alpha value is -3.48. The van der Waals surface area contributed by atoms with Crippen molar-refractivity contribution >= 4 is 11.0 Å². The van der Waals surface area contributed by atoms with Gasteiger partial charge in [-0.15, -0.1) is 0 Å². The highest BCUT2D eigenvalue weighted by Crippen LogP contribution is 2.47. The maximum absolute atomic E-state index is 6.20. The van der Waals surface area contributed by atoms with Crippen LogP contribution in [0, 0.1) is 5.92 Å². The third kappa shape index (κ3) is 3.51. The molecule has 4 heterocycles. The molecule has 1 aliphatic rings. The average molecular weight is 387 g/mol. The third-order valence-electron chi connectivity index (χ3n) is 5.30. The zero-order chi connectivity index (χ0) is 19.8. The molecule has 0 saturated heterocycles. The highest BCUT2D eigenvalue weighted by Gasteiger charge is 2.40. The number of nitrogens with zero attached hydrogens (tertiary/aromatic N) is 5. The Kier molecular flexibility index (Phi) is 4.35. The van der Waals surface area contributed by atoms with E-state index < -0.39 is 0 Å². The van der Waals surface area contributed by atoms with Crippen LogP contribution in [0.25, 0.3) is 22.2 Å². The lowest BCUT2D eigenvalue weighted by molar-refractivity contribution is 0.288. The number of hydrogen-bond donors (Lipinski definition) is 0. The number of rotatable bonds is 6. The van der Waals surface area contributed by atoms with Crippen LogP contribution in [-0.4, -0.2) is 38.4 Å². The molecule has 1 fully saturated rings. The molecule has 146 valence electrons. The van der Waals surface area contributed by atoms with E-state index in [0.29, 0.717) is 24.3 Å². The molecule has 0 radical (unpaired) electrons. The van der Waals surface area contributed by atoms with Crippen LogP contribution in [0.15, 0.2) is 55.1 Å². The van der Waals surface area contributed by atoms with E-state index in [2.05, 4.69) is 15.1 Å². The van der Waals surface area contributed by atoms with Crippen molar-refractivity contribution in [1.29, 1.82) is 0 Å². The first kappa shape index (κ1) is 17.6. The number of pyridine rings is 3. The highest BCUT2D eigenvalue weighted by atomic mass is 16.5. The van der Waals surface area contributed by atoms with E-state index in [4.69, 9.17) is 14.5 Å². The van der Waals surface area contributed by atoms with Gasteiger partial charge in [-0.25, -0.2) is 4.98 Å². The Morgan fingerprint density at radius 3 is 2.83 bits per heavy atom. The summed E-state index contributed by atoms with van der Waals surface area (Å²) in [5.74, 6) is 2.25. The van der Waals surface area contributed by atoms with Crippen molar-refractivity contribution in [3.05, 3.63) is 60.8 Å². The monoisotopic (exact) mass is 387 g/mol. The summed E-state index contributed by atoms with van der Waals surface area (Å²) in [5.41, 5.74) is 4.61. The molecule has 1 unspecified atom stereocenters. The maximum Gasteiger partial charge on any atom is 0.222 e. The van der Waals surface area contributed by atoms with Crippen molar-refractivity contribution < 1.29 is 9.47 Å². The molecular formula is C22H21N5O2. The van der Waals surface area contributed by atoms with E-state index in [-0.39, 0.29) is 0 Å². The zero-order valence-corrected chi connectivity index (χ0v) is 16.3. The Morgan fingerprint density at radius 2 is 2.07 bits per heavy atom. The minimum Gasteiger partial charge on any atom is -0.495 e. The zero-order valence-electron chi connectivity index (χ0n) is 16.3. The largest absolute Gasteiger partial charge is 0.495 e. The molecule has 0 N–H and O–H groups in total. The number of fused-ring (bicyclic) bond motifs is 1. The molecule has 0 aromatic carbocycles. The van der Waals surface area contributed by atoms with Gasteiger partial charge in [0.1, 0.15) is 5.75 Å². The van der Waals surface area contributed by atoms with Gasteiger partial charge in [-0.05, 0) is 36.8 Å². The Labute approximate surface area is 168 Å². The van der Waals surface area contributed by atoms with Gasteiger partial charge in [0.2, 0.25) is 5.88 Å². The van der Waals surface area contributed by atoms with Gasteiger partial charge in [0.05, 0.1) is 37.1 Å². The van der Waals surface area contributed by atoms with Gasteiger partial charge in [0.15, 0.2) is 0 Å². The summed E-state index contributed by atoms with van der Waals surface area (Å²) in [6, 6.07) is 9.84. The molecule has 1 aliphatic carbocycles. The van der Waals surface area contributed by atoms with Crippen LogP contribution < -0.4 is 9.47 Å². The predicted octanol–water partition coefficient (Wildman–Crippen LogP) is 3.62. The number of aromatic nitrogens is 5. The Morgan fingerprint density at radius 1 is 1.14 bits per heavy atom. The van der Waals surface area contributed by atoms with Gasteiger partial charge in [0, 0.05) is 48.1 Å². The van der Waals surface area contributed by atoms with Crippen molar-refractivity contribution in [2.45, 2.75) is 12.3 Å². The number of aryl methyl sites for hydroxylation is 1. The summed E-state index contributed by atoms with van der Waals surface area (Å²) >= 11 is 0. The fourth-order valence-corrected chi connectivity index (χ4v) is 3.57. The smallest absolute Gasteiger partial charge is 0.222 e. The van der Waals surface area contributed by atoms with Crippen LogP contribution in [0.3, 0.4) is 0 Å². The van der Waals surface area contributed by atoms with Crippen LogP contribution in [-0.2, 0) is 7.05 Å². The number of methoxy groups -OCH3 is 1. The molecule has 7 nitrogen and oxygen atoms in total. The van der Waals surface area contributed by atoms with E-state index in [1.165, 1.54) is 0 Å². The van der Waals surface area contributed by atoms with Gasteiger partial charge in [-0.1, -0.05) is 0 Å². The normalized spacial score (nSPS) is 18.0. The highest BCUT2D eigenvalue weighted by molar-refractivity contribution is 5.82. The molecule has 0 amide bonds. The number of hydrogen-bond acceptors (Lipinski definition) is 6. The van der Waals surface area contributed by atoms with Crippen LogP contribution in [0.2, 0.25) is 0 Å². The molecular weight excluding hydrogens is 366 g/mol. The first-order valence-corrected chi connectivity index (χ1v) is 9.59. The summed E-state index contributed by atoms with van der Waals surface area (Å²) in [7, 11) is 3.55. The second kappa shape index (κ2) is 7.16. The third-order valence-corrected chi connectivity index (χ3v) is 5.30. The molecule has 4 aromatic rings. The van der Waals surface area contributed by atoms with Crippen molar-refractivity contribution in [2.24, 2.45) is 13.0 Å². The van der Waals surface area contributed by atoms with Crippen molar-refractivity contribution in [2.75, 3.05) is 13.7 Å². The predicted molar refractivity (Wildman–Crippen MR) is 109 cm³/mol. The standard InChI is InChI=1S/C22H21N5O2/c1-27-12-15(10-25-27)18-9-21-20(4-3-7-23-21)26-22(18)29-13-14-8-17(14)19-6-5-16(28-2)11-24-19/h3-7,9-12,14,17H,8,13H2,1-2H3/t14-,17?/m1/s1. The van der Waals surface area contributed by atoms with E-state index >= 15 is 0 Å². The lowest BCUT2D eigenvalue weighted by Gasteiger charge is -2.11. The molecule has 0 aliphatic heterocycles. The molecule has 5 rings (SSSR count). The second-order valence-corrected chi connectivity index (χ2v) is 7.32. The molecule has 0 bridgehead atoms. The summed E-state index contributed by atoms with van der Waals surface area (Å²) < 4.78 is 13.2. The number of ether oxygens (including phenoxy) is 2. The quantitative estimate of drug-likeness (QED) is 0.503. The van der Waals surface area contributed by atoms with Crippen LogP contribution in [0.4, 0.5) is 0 Å². The summed E-state index contributed by atoms with van der Waals surface area (Å²) in [5, 5.41) is 4.28. The van der Waals surface area contributed by atoms with Gasteiger partial charge < -0.3 is 9.47 Å². The second-order valence-electron chi connectivity index (χ2n) is 7.32. The van der Waals surface area contributed by atoms with Gasteiger partial charge in [-0.3, -0.25) is 14.6 Å². The lowest BCUT2D eigenvalue weighted by atomic mass is 10.1. The minimum absolute atomic E-state index is 0.421. The van der Waals surface area contributed by atoms with Crippen LogP contribution >= 0.6 is 0 Å². The molecule has 7 heteroatoms. The fourth-order valence-electron chi connectivity index (χ4n) is 3.57. The Bertz CT molecular complexity index is 1160. The van der Waals surface area contributed by atoms with Crippen LogP contribution in [0.5, 0.6) is 11.6 Å². The van der Waals surface area contributed by atoms with Gasteiger partial charge in [0.25, 0.3) is 0 Å². The van der Waals surface area contributed by atoms with E-state index in [0.717, 1.165) is 40.0 Å². The molecule has 2 atom stereocenters. The molecule has 4 aromatic heterocycles. The topological polar surface area (TPSA) is 75.0 Å². The van der Waals surface area contributed by atoms with E-state index in [9.17, 15) is 0 Å². The van der Waals surface area contributed by atoms with Crippen molar-refractivity contribution in [3.8, 4) is 22.8 Å². The first-order chi connectivity index (χ1) is 14.2. The first-order valence-electron chi connectivity index (χ1n) is 9.59. The molecule has 1 saturated carbocycles. The summed E-state index contributed by atoms with van der Waals surface area (Å²) in [6.07, 6.45) is 8.38. The van der Waals surface area contributed by atoms with Gasteiger partial charge in [-0.2, -0.15) is 5.10 Å². The van der Waals surface area contributed by atoms with E-state index in [1.807, 2.05) is 49.8 Å². The van der Waals surface area contributed by atoms with Gasteiger partial charge >= 0.3 is 0 Å². The molecule has 0 spiro atoms. The Balaban J connectivity index is 1.37. The summed E-state index contributed by atoms with van der Waals surface area (Å²) in [4.78, 5) is 13.7. The fraction of sp³-hybridized carbons (Fsp3) is 0.273. The lowest BCUT2D eigenvalue weighted by Crippen LogP contribution is -2.04. The van der Waals surface area contributed by atoms with Crippen molar-refractivity contribution in [3.63, 3.8) is 0 Å². The SMILES string of the molecule is COc1ccc(C2C[C@@H]2COc2nc3cccnc3cc2-c2cnn(C)c2)nc1. The van der Waals surface area contributed by atoms with Crippen molar-refractivity contribution in [1.82, 2.24) is 24.7 Å². The minimum atomic E-state index is 0.421. The maximum atomic E-state index is 6.20. The molecule has 29 heavy (non-hydrogen) atoms.